The number of aromatic nitrogens is 3. The molecule has 3 N–H and O–H groups in total. The molecule has 0 saturated carbocycles. The Bertz CT molecular complexity index is 885. The molecule has 12 heteroatoms. The van der Waals surface area contributed by atoms with E-state index in [1.54, 1.807) is 7.11 Å². The summed E-state index contributed by atoms with van der Waals surface area (Å²) in [7, 11) is -0.746. The summed E-state index contributed by atoms with van der Waals surface area (Å²) < 4.78 is 24.8. The van der Waals surface area contributed by atoms with Gasteiger partial charge in [-0.3, -0.25) is 14.0 Å². The van der Waals surface area contributed by atoms with E-state index >= 15 is 0 Å². The number of thiazole rings is 1. The van der Waals surface area contributed by atoms with E-state index in [2.05, 4.69) is 36.1 Å². The number of hydrogen-bond acceptors (Lipinski definition) is 11. The number of rotatable bonds is 5. The molecule has 2 saturated heterocycles. The highest BCUT2D eigenvalue weighted by atomic mass is 32.3. The molecule has 2 aliphatic heterocycles. The maximum atomic E-state index is 9.62. The van der Waals surface area contributed by atoms with Crippen molar-refractivity contribution < 1.29 is 13.8 Å². The fourth-order valence-electron chi connectivity index (χ4n) is 3.43. The van der Waals surface area contributed by atoms with E-state index in [1.165, 1.54) is 23.9 Å². The first kappa shape index (κ1) is 19.2. The van der Waals surface area contributed by atoms with Crippen LogP contribution >= 0.6 is 21.9 Å². The Morgan fingerprint density at radius 1 is 1.25 bits per heavy atom. The van der Waals surface area contributed by atoms with Crippen LogP contribution < -0.4 is 15.0 Å². The van der Waals surface area contributed by atoms with Crippen molar-refractivity contribution in [1.82, 2.24) is 19.9 Å². The molecule has 0 bridgehead atoms. The molecule has 0 amide bonds. The van der Waals surface area contributed by atoms with E-state index in [0.717, 1.165) is 26.2 Å². The number of ether oxygens (including phenoxy) is 1. The molecular formula is C16H21N7O3S2. The summed E-state index contributed by atoms with van der Waals surface area (Å²) >= 11 is 1.24. The molecule has 2 aromatic rings. The van der Waals surface area contributed by atoms with Crippen LogP contribution in [0.2, 0.25) is 0 Å². The largest absolute Gasteiger partial charge is 0.490 e. The summed E-state index contributed by atoms with van der Waals surface area (Å²) in [6.07, 6.45) is 2.99. The molecule has 2 aliphatic rings. The van der Waals surface area contributed by atoms with Crippen molar-refractivity contribution in [1.29, 1.82) is 5.26 Å². The van der Waals surface area contributed by atoms with Gasteiger partial charge >= 0.3 is 0 Å². The van der Waals surface area contributed by atoms with Gasteiger partial charge in [0.05, 0.1) is 24.8 Å². The predicted octanol–water partition coefficient (Wildman–Crippen LogP) is 1.81. The molecule has 0 atom stereocenters. The zero-order valence-corrected chi connectivity index (χ0v) is 16.9. The zero-order valence-electron chi connectivity index (χ0n) is 15.3. The molecule has 28 heavy (non-hydrogen) atoms. The third-order valence-electron chi connectivity index (χ3n) is 4.88. The van der Waals surface area contributed by atoms with Crippen molar-refractivity contribution >= 4 is 38.7 Å². The van der Waals surface area contributed by atoms with Gasteiger partial charge in [-0.15, -0.1) is 0 Å². The Hall–Kier alpha value is -2.17. The molecule has 10 nitrogen and oxygen atoms in total. The van der Waals surface area contributed by atoms with Gasteiger partial charge in [0, 0.05) is 32.2 Å². The first-order chi connectivity index (χ1) is 13.5. The number of nitriles is 1. The van der Waals surface area contributed by atoms with Crippen LogP contribution in [-0.4, -0.2) is 79.8 Å². The number of anilines is 3. The zero-order chi connectivity index (χ0) is 19.7. The maximum absolute atomic E-state index is 9.62. The van der Waals surface area contributed by atoms with E-state index in [0.29, 0.717) is 38.9 Å². The minimum atomic E-state index is -2.32. The van der Waals surface area contributed by atoms with Gasteiger partial charge in [0.25, 0.3) is 0 Å². The Kier molecular flexibility index (Phi) is 5.26. The van der Waals surface area contributed by atoms with Crippen LogP contribution in [0.5, 0.6) is 5.75 Å². The van der Waals surface area contributed by atoms with Gasteiger partial charge in [-0.05, 0) is 0 Å². The van der Waals surface area contributed by atoms with Crippen molar-refractivity contribution in [2.75, 3.05) is 55.0 Å². The number of nitrogens with one attached hydrogen (secondary N) is 1. The van der Waals surface area contributed by atoms with Gasteiger partial charge in [-0.2, -0.15) is 15.9 Å². The lowest BCUT2D eigenvalue weighted by molar-refractivity contribution is 0.193. The number of nitrogens with zero attached hydrogens (tertiary/aromatic N) is 6. The molecule has 2 aromatic heterocycles. The molecular weight excluding hydrogens is 402 g/mol. The third-order valence-corrected chi connectivity index (χ3v) is 7.53. The van der Waals surface area contributed by atoms with Gasteiger partial charge in [-0.1, -0.05) is 11.3 Å². The smallest absolute Gasteiger partial charge is 0.204 e. The molecule has 0 aromatic carbocycles. The van der Waals surface area contributed by atoms with Crippen molar-refractivity contribution in [3.8, 4) is 11.8 Å². The van der Waals surface area contributed by atoms with Crippen LogP contribution in [0.3, 0.4) is 0 Å². The SMILES string of the molecule is COc1c(Nc2ncc(C#N)s2)ncnc1N1CCN(C2CS(O)(O)C2)CC1. The van der Waals surface area contributed by atoms with E-state index in [1.807, 2.05) is 0 Å². The normalized spacial score (nSPS) is 20.9. The summed E-state index contributed by atoms with van der Waals surface area (Å²) in [4.78, 5) is 17.8. The summed E-state index contributed by atoms with van der Waals surface area (Å²) in [6.45, 7) is 3.18. The van der Waals surface area contributed by atoms with E-state index in [9.17, 15) is 9.11 Å². The lowest BCUT2D eigenvalue weighted by Gasteiger charge is -2.53. The van der Waals surface area contributed by atoms with Gasteiger partial charge in [0.1, 0.15) is 17.3 Å². The molecule has 0 spiro atoms. The van der Waals surface area contributed by atoms with Gasteiger partial charge in [-0.25, -0.2) is 15.0 Å². The molecule has 4 heterocycles. The van der Waals surface area contributed by atoms with Crippen molar-refractivity contribution in [3.05, 3.63) is 17.4 Å². The minimum absolute atomic E-state index is 0.260. The first-order valence-electron chi connectivity index (χ1n) is 8.73. The van der Waals surface area contributed by atoms with Crippen LogP contribution in [0.1, 0.15) is 4.88 Å². The molecule has 2 fully saturated rings. The second-order valence-corrected chi connectivity index (χ2v) is 9.96. The van der Waals surface area contributed by atoms with Crippen molar-refractivity contribution in [2.24, 2.45) is 0 Å². The molecule has 4 rings (SSSR count). The molecule has 0 radical (unpaired) electrons. The highest BCUT2D eigenvalue weighted by molar-refractivity contribution is 8.25. The predicted molar refractivity (Wildman–Crippen MR) is 109 cm³/mol. The maximum Gasteiger partial charge on any atom is 0.204 e. The number of piperazine rings is 1. The monoisotopic (exact) mass is 423 g/mol. The van der Waals surface area contributed by atoms with Crippen LogP contribution in [0.15, 0.2) is 12.5 Å². The second-order valence-electron chi connectivity index (χ2n) is 6.66. The van der Waals surface area contributed by atoms with E-state index < -0.39 is 10.6 Å². The fourth-order valence-corrected chi connectivity index (χ4v) is 5.60. The van der Waals surface area contributed by atoms with Crippen LogP contribution in [0, 0.1) is 11.3 Å². The average Bonchev–Trinajstić information content (AvgIpc) is 3.13. The second kappa shape index (κ2) is 7.69. The standard InChI is InChI=1S/C16H21N7O3S2/c1-26-13-14(21-16-18-7-12(6-17)27-16)19-10-20-15(13)23-4-2-22(3-5-23)11-8-28(24,25)9-11/h7,10-11,24-25H,2-5,8-9H2,1H3,(H,18,19,20,21). The average molecular weight is 424 g/mol. The highest BCUT2D eigenvalue weighted by Gasteiger charge is 2.39. The number of hydrogen-bond donors (Lipinski definition) is 3. The van der Waals surface area contributed by atoms with Crippen molar-refractivity contribution in [3.63, 3.8) is 0 Å². The lowest BCUT2D eigenvalue weighted by Crippen LogP contribution is -2.57. The highest BCUT2D eigenvalue weighted by Crippen LogP contribution is 2.50. The van der Waals surface area contributed by atoms with Crippen LogP contribution in [0.25, 0.3) is 0 Å². The van der Waals surface area contributed by atoms with Gasteiger partial charge in [0.15, 0.2) is 16.8 Å². The topological polar surface area (TPSA) is 131 Å². The van der Waals surface area contributed by atoms with Crippen LogP contribution in [0.4, 0.5) is 16.8 Å². The summed E-state index contributed by atoms with van der Waals surface area (Å²) in [5, 5.41) is 12.6. The van der Waals surface area contributed by atoms with Gasteiger partial charge in [0.2, 0.25) is 5.75 Å². The molecule has 0 aliphatic carbocycles. The molecule has 0 unspecified atom stereocenters. The minimum Gasteiger partial charge on any atom is -0.490 e. The lowest BCUT2D eigenvalue weighted by atomic mass is 10.2. The van der Waals surface area contributed by atoms with E-state index in [4.69, 9.17) is 10.00 Å². The fraction of sp³-hybridized carbons (Fsp3) is 0.500. The first-order valence-corrected chi connectivity index (χ1v) is 11.4. The molecule has 150 valence electrons. The van der Waals surface area contributed by atoms with Gasteiger partial charge < -0.3 is 15.0 Å². The third kappa shape index (κ3) is 3.85. The van der Waals surface area contributed by atoms with E-state index in [-0.39, 0.29) is 6.04 Å². The summed E-state index contributed by atoms with van der Waals surface area (Å²) in [5.74, 6) is 2.70. The summed E-state index contributed by atoms with van der Waals surface area (Å²) in [5.41, 5.74) is 0. The number of methoxy groups -OCH3 is 1. The van der Waals surface area contributed by atoms with Crippen LogP contribution in [-0.2, 0) is 0 Å². The quantitative estimate of drug-likeness (QED) is 0.654. The van der Waals surface area contributed by atoms with Crippen molar-refractivity contribution in [2.45, 2.75) is 6.04 Å². The Morgan fingerprint density at radius 3 is 2.61 bits per heavy atom. The Morgan fingerprint density at radius 2 is 2.00 bits per heavy atom. The Labute approximate surface area is 168 Å². The Balaban J connectivity index is 1.45. The summed E-state index contributed by atoms with van der Waals surface area (Å²) in [6, 6.07) is 2.32.